The highest BCUT2D eigenvalue weighted by Crippen LogP contribution is 2.28. The Labute approximate surface area is 202 Å². The van der Waals surface area contributed by atoms with Crippen molar-refractivity contribution in [2.45, 2.75) is 137 Å². The van der Waals surface area contributed by atoms with Gasteiger partial charge >= 0.3 is 11.9 Å². The van der Waals surface area contributed by atoms with Gasteiger partial charge in [-0.25, -0.2) is 0 Å². The molecule has 0 aliphatic carbocycles. The van der Waals surface area contributed by atoms with Crippen molar-refractivity contribution in [1.29, 1.82) is 0 Å². The van der Waals surface area contributed by atoms with E-state index < -0.39 is 0 Å². The van der Waals surface area contributed by atoms with E-state index >= 15 is 0 Å². The van der Waals surface area contributed by atoms with Crippen LogP contribution in [0.1, 0.15) is 134 Å². The molecule has 1 aromatic carbocycles. The summed E-state index contributed by atoms with van der Waals surface area (Å²) >= 11 is 0. The van der Waals surface area contributed by atoms with Crippen molar-refractivity contribution in [1.82, 2.24) is 0 Å². The van der Waals surface area contributed by atoms with Gasteiger partial charge in [-0.1, -0.05) is 98.1 Å². The largest absolute Gasteiger partial charge is 0.461 e. The predicted octanol–water partition coefficient (Wildman–Crippen LogP) is 8.10. The van der Waals surface area contributed by atoms with E-state index in [2.05, 4.69) is 46.8 Å². The SMILES string of the molecule is CCCCCCCC(=O)OCc1cc(C(C)(C)C)cc(C)c1COC(=O)CCCCCCC. The van der Waals surface area contributed by atoms with Crippen LogP contribution in [-0.2, 0) is 37.7 Å². The Bertz CT molecular complexity index is 715. The minimum Gasteiger partial charge on any atom is -0.461 e. The molecule has 0 aliphatic rings. The molecule has 0 saturated carbocycles. The van der Waals surface area contributed by atoms with Gasteiger partial charge in [0.15, 0.2) is 0 Å². The fraction of sp³-hybridized carbons (Fsp3) is 0.724. The summed E-state index contributed by atoms with van der Waals surface area (Å²) in [5.74, 6) is -0.304. The summed E-state index contributed by atoms with van der Waals surface area (Å²) in [5, 5.41) is 0. The first-order valence-electron chi connectivity index (χ1n) is 13.1. The summed E-state index contributed by atoms with van der Waals surface area (Å²) in [7, 11) is 0. The number of carbonyl (C=O) groups is 2. The van der Waals surface area contributed by atoms with E-state index in [0.717, 1.165) is 42.4 Å². The molecule has 0 heterocycles. The number of esters is 2. The Morgan fingerprint density at radius 3 is 1.70 bits per heavy atom. The molecule has 4 heteroatoms. The number of hydrogen-bond donors (Lipinski definition) is 0. The molecule has 0 aromatic heterocycles. The van der Waals surface area contributed by atoms with Gasteiger partial charge in [0.1, 0.15) is 13.2 Å². The Morgan fingerprint density at radius 1 is 0.727 bits per heavy atom. The van der Waals surface area contributed by atoms with Crippen LogP contribution in [0.3, 0.4) is 0 Å². The molecule has 0 saturated heterocycles. The molecule has 0 bridgehead atoms. The van der Waals surface area contributed by atoms with Crippen molar-refractivity contribution in [3.8, 4) is 0 Å². The van der Waals surface area contributed by atoms with Crippen LogP contribution in [0, 0.1) is 6.92 Å². The van der Waals surface area contributed by atoms with Gasteiger partial charge in [-0.3, -0.25) is 9.59 Å². The summed E-state index contributed by atoms with van der Waals surface area (Å²) < 4.78 is 11.2. The van der Waals surface area contributed by atoms with Crippen LogP contribution in [0.15, 0.2) is 12.1 Å². The Hall–Kier alpha value is -1.84. The molecule has 0 amide bonds. The van der Waals surface area contributed by atoms with E-state index in [1.165, 1.54) is 44.1 Å². The van der Waals surface area contributed by atoms with Gasteiger partial charge < -0.3 is 9.47 Å². The normalized spacial score (nSPS) is 11.5. The summed E-state index contributed by atoms with van der Waals surface area (Å²) in [4.78, 5) is 24.5. The number of ether oxygens (including phenoxy) is 2. The average molecular weight is 461 g/mol. The minimum absolute atomic E-state index is 0.0174. The second kappa shape index (κ2) is 15.9. The molecular weight excluding hydrogens is 412 g/mol. The maximum atomic E-state index is 12.3. The monoisotopic (exact) mass is 460 g/mol. The van der Waals surface area contributed by atoms with Crippen molar-refractivity contribution in [2.24, 2.45) is 0 Å². The van der Waals surface area contributed by atoms with Gasteiger partial charge in [0, 0.05) is 12.8 Å². The lowest BCUT2D eigenvalue weighted by atomic mass is 9.83. The highest BCUT2D eigenvalue weighted by Gasteiger charge is 2.19. The number of unbranched alkanes of at least 4 members (excludes halogenated alkanes) is 8. The minimum atomic E-state index is -0.152. The smallest absolute Gasteiger partial charge is 0.306 e. The van der Waals surface area contributed by atoms with Gasteiger partial charge in [0.25, 0.3) is 0 Å². The molecule has 0 radical (unpaired) electrons. The van der Waals surface area contributed by atoms with Crippen molar-refractivity contribution < 1.29 is 19.1 Å². The van der Waals surface area contributed by atoms with Crippen LogP contribution < -0.4 is 0 Å². The van der Waals surface area contributed by atoms with E-state index in [1.807, 2.05) is 6.92 Å². The first kappa shape index (κ1) is 29.2. The van der Waals surface area contributed by atoms with Crippen molar-refractivity contribution >= 4 is 11.9 Å². The molecule has 0 spiro atoms. The third-order valence-corrected chi connectivity index (χ3v) is 6.17. The average Bonchev–Trinajstić information content (AvgIpc) is 2.75. The van der Waals surface area contributed by atoms with Crippen molar-refractivity contribution in [3.63, 3.8) is 0 Å². The van der Waals surface area contributed by atoms with Crippen LogP contribution in [0.4, 0.5) is 0 Å². The first-order valence-corrected chi connectivity index (χ1v) is 13.1. The topological polar surface area (TPSA) is 52.6 Å². The third kappa shape index (κ3) is 12.3. The molecule has 0 unspecified atom stereocenters. The number of carbonyl (C=O) groups excluding carboxylic acids is 2. The van der Waals surface area contributed by atoms with Crippen LogP contribution in [-0.4, -0.2) is 11.9 Å². The summed E-state index contributed by atoms with van der Waals surface area (Å²) in [6.45, 7) is 13.4. The summed E-state index contributed by atoms with van der Waals surface area (Å²) in [6.07, 6.45) is 12.0. The predicted molar refractivity (Wildman–Crippen MR) is 136 cm³/mol. The number of rotatable bonds is 16. The Morgan fingerprint density at radius 2 is 1.21 bits per heavy atom. The molecule has 33 heavy (non-hydrogen) atoms. The molecule has 0 N–H and O–H groups in total. The molecule has 4 nitrogen and oxygen atoms in total. The van der Waals surface area contributed by atoms with E-state index in [1.54, 1.807) is 0 Å². The molecule has 0 fully saturated rings. The van der Waals surface area contributed by atoms with Crippen LogP contribution in [0.25, 0.3) is 0 Å². The number of aryl methyl sites for hydroxylation is 1. The zero-order valence-electron chi connectivity index (χ0n) is 22.2. The maximum Gasteiger partial charge on any atom is 0.306 e. The number of benzene rings is 1. The zero-order chi connectivity index (χ0) is 24.7. The van der Waals surface area contributed by atoms with Gasteiger partial charge in [-0.15, -0.1) is 0 Å². The highest BCUT2D eigenvalue weighted by atomic mass is 16.5. The highest BCUT2D eigenvalue weighted by molar-refractivity contribution is 5.70. The quantitative estimate of drug-likeness (QED) is 0.185. The number of hydrogen-bond acceptors (Lipinski definition) is 4. The van der Waals surface area contributed by atoms with Crippen LogP contribution in [0.5, 0.6) is 0 Å². The van der Waals surface area contributed by atoms with E-state index in [-0.39, 0.29) is 30.6 Å². The van der Waals surface area contributed by atoms with Crippen LogP contribution in [0.2, 0.25) is 0 Å². The summed E-state index contributed by atoms with van der Waals surface area (Å²) in [5.41, 5.74) is 4.14. The Kier molecular flexibility index (Phi) is 14.1. The molecule has 188 valence electrons. The maximum absolute atomic E-state index is 12.3. The van der Waals surface area contributed by atoms with E-state index in [0.29, 0.717) is 12.8 Å². The first-order chi connectivity index (χ1) is 15.7. The van der Waals surface area contributed by atoms with E-state index in [4.69, 9.17) is 9.47 Å². The lowest BCUT2D eigenvalue weighted by molar-refractivity contribution is -0.146. The van der Waals surface area contributed by atoms with Gasteiger partial charge in [-0.05, 0) is 47.4 Å². The van der Waals surface area contributed by atoms with Gasteiger partial charge in [0.2, 0.25) is 0 Å². The molecule has 1 rings (SSSR count). The lowest BCUT2D eigenvalue weighted by Crippen LogP contribution is -2.15. The van der Waals surface area contributed by atoms with Crippen molar-refractivity contribution in [3.05, 3.63) is 34.4 Å². The van der Waals surface area contributed by atoms with E-state index in [9.17, 15) is 9.59 Å². The third-order valence-electron chi connectivity index (χ3n) is 6.17. The van der Waals surface area contributed by atoms with Gasteiger partial charge in [0.05, 0.1) is 0 Å². The van der Waals surface area contributed by atoms with Crippen molar-refractivity contribution in [2.75, 3.05) is 0 Å². The Balaban J connectivity index is 2.74. The molecule has 1 aromatic rings. The second-order valence-corrected chi connectivity index (χ2v) is 10.3. The zero-order valence-corrected chi connectivity index (χ0v) is 22.2. The van der Waals surface area contributed by atoms with Gasteiger partial charge in [-0.2, -0.15) is 0 Å². The summed E-state index contributed by atoms with van der Waals surface area (Å²) in [6, 6.07) is 4.27. The lowest BCUT2D eigenvalue weighted by Gasteiger charge is -2.23. The fourth-order valence-electron chi connectivity index (χ4n) is 3.86. The second-order valence-electron chi connectivity index (χ2n) is 10.3. The molecular formula is C29H48O4. The molecule has 0 aliphatic heterocycles. The fourth-order valence-corrected chi connectivity index (χ4v) is 3.86. The molecule has 0 atom stereocenters. The van der Waals surface area contributed by atoms with Crippen LogP contribution >= 0.6 is 0 Å². The standard InChI is InChI=1S/C29H48O4/c1-7-9-11-13-15-17-27(30)32-21-24-20-25(29(4,5)6)19-23(3)26(24)22-33-28(31)18-16-14-12-10-8-2/h19-20H,7-18,21-22H2,1-6H3.